The topological polar surface area (TPSA) is 92.4 Å². The third-order valence-corrected chi connectivity index (χ3v) is 3.37. The molecule has 6 nitrogen and oxygen atoms in total. The van der Waals surface area contributed by atoms with Crippen molar-refractivity contribution >= 4 is 18.0 Å². The van der Waals surface area contributed by atoms with Crippen LogP contribution in [0.4, 0.5) is 0 Å². The molecular formula is C19H14N2O4. The molecule has 2 heterocycles. The minimum absolute atomic E-state index is 0.263. The molecule has 0 bridgehead atoms. The fraction of sp³-hybridized carbons (Fsp3) is 0. The molecule has 3 rings (SSSR count). The molecule has 1 aromatic carbocycles. The fourth-order valence-electron chi connectivity index (χ4n) is 2.17. The molecule has 0 atom stereocenters. The van der Waals surface area contributed by atoms with Crippen molar-refractivity contribution in [1.82, 2.24) is 10.3 Å². The molecule has 3 aromatic rings. The van der Waals surface area contributed by atoms with E-state index in [-0.39, 0.29) is 11.3 Å². The number of hydrogen-bond acceptors (Lipinski definition) is 4. The lowest BCUT2D eigenvalue weighted by Crippen LogP contribution is -2.27. The molecule has 25 heavy (non-hydrogen) atoms. The summed E-state index contributed by atoms with van der Waals surface area (Å²) in [6, 6.07) is 15.9. The lowest BCUT2D eigenvalue weighted by atomic mass is 10.2. The number of hydrogen-bond donors (Lipinski definition) is 2. The number of nitrogens with zero attached hydrogens (tertiary/aromatic N) is 1. The van der Waals surface area contributed by atoms with Crippen molar-refractivity contribution < 1.29 is 19.1 Å². The zero-order valence-electron chi connectivity index (χ0n) is 13.0. The van der Waals surface area contributed by atoms with Crippen LogP contribution in [0.2, 0.25) is 0 Å². The first-order valence-corrected chi connectivity index (χ1v) is 7.45. The van der Waals surface area contributed by atoms with Crippen LogP contribution in [0.5, 0.6) is 0 Å². The SMILES string of the molecule is O=C(O)/C(=C/c1ccc(-c2ccccc2)o1)NC(=O)c1cccnc1. The number of nitrogens with one attached hydrogen (secondary N) is 1. The Balaban J connectivity index is 1.82. The van der Waals surface area contributed by atoms with E-state index in [1.807, 2.05) is 30.3 Å². The van der Waals surface area contributed by atoms with Gasteiger partial charge in [-0.2, -0.15) is 0 Å². The van der Waals surface area contributed by atoms with Crippen LogP contribution in [0.1, 0.15) is 16.1 Å². The van der Waals surface area contributed by atoms with E-state index in [0.29, 0.717) is 11.5 Å². The first-order chi connectivity index (χ1) is 12.1. The van der Waals surface area contributed by atoms with E-state index in [0.717, 1.165) is 5.56 Å². The normalized spacial score (nSPS) is 11.1. The highest BCUT2D eigenvalue weighted by molar-refractivity contribution is 6.02. The number of carboxylic acids is 1. The molecule has 2 N–H and O–H groups in total. The van der Waals surface area contributed by atoms with Gasteiger partial charge in [-0.25, -0.2) is 4.79 Å². The lowest BCUT2D eigenvalue weighted by molar-refractivity contribution is -0.132. The summed E-state index contributed by atoms with van der Waals surface area (Å²) in [5, 5.41) is 11.7. The molecule has 0 aliphatic carbocycles. The Morgan fingerprint density at radius 2 is 1.84 bits per heavy atom. The van der Waals surface area contributed by atoms with Crippen LogP contribution in [0.3, 0.4) is 0 Å². The van der Waals surface area contributed by atoms with Crippen LogP contribution < -0.4 is 5.32 Å². The summed E-state index contributed by atoms with van der Waals surface area (Å²) in [4.78, 5) is 27.3. The number of rotatable bonds is 5. The van der Waals surface area contributed by atoms with Gasteiger partial charge in [0.2, 0.25) is 0 Å². The summed E-state index contributed by atoms with van der Waals surface area (Å²) in [5.74, 6) is -0.899. The summed E-state index contributed by atoms with van der Waals surface area (Å²) in [7, 11) is 0. The Kier molecular flexibility index (Phi) is 4.71. The highest BCUT2D eigenvalue weighted by Crippen LogP contribution is 2.22. The van der Waals surface area contributed by atoms with Gasteiger partial charge in [0.05, 0.1) is 5.56 Å². The van der Waals surface area contributed by atoms with E-state index in [4.69, 9.17) is 4.42 Å². The maximum atomic E-state index is 12.1. The Morgan fingerprint density at radius 3 is 2.52 bits per heavy atom. The van der Waals surface area contributed by atoms with E-state index in [9.17, 15) is 14.7 Å². The fourth-order valence-corrected chi connectivity index (χ4v) is 2.17. The van der Waals surface area contributed by atoms with Gasteiger partial charge in [0, 0.05) is 24.0 Å². The maximum Gasteiger partial charge on any atom is 0.352 e. The van der Waals surface area contributed by atoms with Gasteiger partial charge in [-0.3, -0.25) is 9.78 Å². The number of pyridine rings is 1. The average Bonchev–Trinajstić information content (AvgIpc) is 3.11. The molecule has 124 valence electrons. The van der Waals surface area contributed by atoms with Gasteiger partial charge in [-0.05, 0) is 24.3 Å². The molecule has 0 saturated carbocycles. The van der Waals surface area contributed by atoms with Crippen LogP contribution in [0.15, 0.2) is 77.1 Å². The van der Waals surface area contributed by atoms with Crippen molar-refractivity contribution in [1.29, 1.82) is 0 Å². The largest absolute Gasteiger partial charge is 0.477 e. The van der Waals surface area contributed by atoms with Crippen LogP contribution >= 0.6 is 0 Å². The van der Waals surface area contributed by atoms with Crippen LogP contribution in [-0.2, 0) is 4.79 Å². The molecule has 6 heteroatoms. The Hall–Kier alpha value is -3.67. The molecule has 0 aliphatic heterocycles. The average molecular weight is 334 g/mol. The number of carbonyl (C=O) groups excluding carboxylic acids is 1. The number of carbonyl (C=O) groups is 2. The van der Waals surface area contributed by atoms with E-state index < -0.39 is 11.9 Å². The van der Waals surface area contributed by atoms with Crippen molar-refractivity contribution in [3.8, 4) is 11.3 Å². The number of carboxylic acid groups (broad SMARTS) is 1. The zero-order chi connectivity index (χ0) is 17.6. The zero-order valence-corrected chi connectivity index (χ0v) is 13.0. The Labute approximate surface area is 143 Å². The van der Waals surface area contributed by atoms with Crippen LogP contribution in [0.25, 0.3) is 17.4 Å². The summed E-state index contributed by atoms with van der Waals surface area (Å²) in [6.07, 6.45) is 4.15. The second-order valence-electron chi connectivity index (χ2n) is 5.13. The van der Waals surface area contributed by atoms with Gasteiger partial charge in [-0.15, -0.1) is 0 Å². The smallest absolute Gasteiger partial charge is 0.352 e. The van der Waals surface area contributed by atoms with Crippen molar-refractivity contribution in [2.45, 2.75) is 0 Å². The van der Waals surface area contributed by atoms with Crippen LogP contribution in [0, 0.1) is 0 Å². The quantitative estimate of drug-likeness (QED) is 0.699. The van der Waals surface area contributed by atoms with Gasteiger partial charge in [0.15, 0.2) is 0 Å². The molecule has 0 unspecified atom stereocenters. The maximum absolute atomic E-state index is 12.1. The van der Waals surface area contributed by atoms with Gasteiger partial charge in [0.1, 0.15) is 17.2 Å². The standard InChI is InChI=1S/C19H14N2O4/c22-18(14-7-4-10-20-12-14)21-16(19(23)24)11-15-8-9-17(25-15)13-5-2-1-3-6-13/h1-12H,(H,21,22)(H,23,24)/b16-11-. The summed E-state index contributed by atoms with van der Waals surface area (Å²) in [6.45, 7) is 0. The van der Waals surface area contributed by atoms with Crippen molar-refractivity contribution in [2.24, 2.45) is 0 Å². The Morgan fingerprint density at radius 1 is 1.04 bits per heavy atom. The summed E-state index contributed by atoms with van der Waals surface area (Å²) >= 11 is 0. The monoisotopic (exact) mass is 334 g/mol. The van der Waals surface area contributed by atoms with Gasteiger partial charge >= 0.3 is 5.97 Å². The van der Waals surface area contributed by atoms with E-state index in [1.54, 1.807) is 24.3 Å². The molecular weight excluding hydrogens is 320 g/mol. The molecule has 2 aromatic heterocycles. The predicted molar refractivity (Wildman–Crippen MR) is 91.5 cm³/mol. The minimum Gasteiger partial charge on any atom is -0.477 e. The van der Waals surface area contributed by atoms with Crippen LogP contribution in [-0.4, -0.2) is 22.0 Å². The number of amides is 1. The number of benzene rings is 1. The first kappa shape index (κ1) is 16.2. The molecule has 0 aliphatic rings. The van der Waals surface area contributed by atoms with Crippen molar-refractivity contribution in [3.63, 3.8) is 0 Å². The molecule has 0 radical (unpaired) electrons. The number of aromatic nitrogens is 1. The van der Waals surface area contributed by atoms with E-state index >= 15 is 0 Å². The lowest BCUT2D eigenvalue weighted by Gasteiger charge is -2.05. The van der Waals surface area contributed by atoms with E-state index in [2.05, 4.69) is 10.3 Å². The summed E-state index contributed by atoms with van der Waals surface area (Å²) < 4.78 is 5.63. The van der Waals surface area contributed by atoms with Gasteiger partial charge in [0.25, 0.3) is 5.91 Å². The minimum atomic E-state index is -1.27. The summed E-state index contributed by atoms with van der Waals surface area (Å²) in [5.41, 5.74) is 0.848. The van der Waals surface area contributed by atoms with Gasteiger partial charge in [-0.1, -0.05) is 30.3 Å². The molecule has 0 saturated heterocycles. The first-order valence-electron chi connectivity index (χ1n) is 7.45. The molecule has 0 spiro atoms. The highest BCUT2D eigenvalue weighted by Gasteiger charge is 2.14. The number of aliphatic carboxylic acids is 1. The van der Waals surface area contributed by atoms with E-state index in [1.165, 1.54) is 18.5 Å². The Bertz CT molecular complexity index is 915. The molecule has 1 amide bonds. The third-order valence-electron chi connectivity index (χ3n) is 3.37. The predicted octanol–water partition coefficient (Wildman–Crippen LogP) is 3.20. The second-order valence-corrected chi connectivity index (χ2v) is 5.13. The third kappa shape index (κ3) is 4.00. The number of furan rings is 1. The van der Waals surface area contributed by atoms with Gasteiger partial charge < -0.3 is 14.8 Å². The van der Waals surface area contributed by atoms with Crippen molar-refractivity contribution in [2.75, 3.05) is 0 Å². The molecule has 0 fully saturated rings. The highest BCUT2D eigenvalue weighted by atomic mass is 16.4. The second kappa shape index (κ2) is 7.27. The van der Waals surface area contributed by atoms with Crippen molar-refractivity contribution in [3.05, 3.63) is 84.0 Å².